The molecule has 1 atom stereocenters. The van der Waals surface area contributed by atoms with Gasteiger partial charge in [0.1, 0.15) is 12.7 Å². The van der Waals surface area contributed by atoms with Gasteiger partial charge in [-0.05, 0) is 5.56 Å². The van der Waals surface area contributed by atoms with Gasteiger partial charge in [0.25, 0.3) is 0 Å². The highest BCUT2D eigenvalue weighted by atomic mass is 15.3. The predicted octanol–water partition coefficient (Wildman–Crippen LogP) is 0.978. The first-order valence-corrected chi connectivity index (χ1v) is 4.49. The van der Waals surface area contributed by atoms with Gasteiger partial charge in [0.15, 0.2) is 0 Å². The van der Waals surface area contributed by atoms with Crippen molar-refractivity contribution in [3.63, 3.8) is 0 Å². The zero-order chi connectivity index (χ0) is 9.80. The molecule has 0 aliphatic carbocycles. The SMILES string of the molecule is NC(Cn1cncn1)c1ccccc1. The van der Waals surface area contributed by atoms with Crippen molar-refractivity contribution in [2.24, 2.45) is 5.73 Å². The van der Waals surface area contributed by atoms with E-state index in [0.29, 0.717) is 6.54 Å². The van der Waals surface area contributed by atoms with Gasteiger partial charge >= 0.3 is 0 Å². The van der Waals surface area contributed by atoms with Crippen LogP contribution in [0.3, 0.4) is 0 Å². The van der Waals surface area contributed by atoms with E-state index in [1.807, 2.05) is 30.3 Å². The molecule has 0 spiro atoms. The number of nitrogens with two attached hydrogens (primary N) is 1. The molecule has 0 fully saturated rings. The highest BCUT2D eigenvalue weighted by molar-refractivity contribution is 5.18. The summed E-state index contributed by atoms with van der Waals surface area (Å²) < 4.78 is 1.73. The fourth-order valence-electron chi connectivity index (χ4n) is 1.33. The van der Waals surface area contributed by atoms with Crippen LogP contribution < -0.4 is 5.73 Å². The fraction of sp³-hybridized carbons (Fsp3) is 0.200. The summed E-state index contributed by atoms with van der Waals surface area (Å²) in [6.07, 6.45) is 3.18. The molecule has 0 saturated heterocycles. The molecule has 0 amide bonds. The second-order valence-electron chi connectivity index (χ2n) is 3.13. The van der Waals surface area contributed by atoms with Gasteiger partial charge in [-0.3, -0.25) is 4.68 Å². The Morgan fingerprint density at radius 2 is 2.07 bits per heavy atom. The molecule has 0 saturated carbocycles. The molecule has 2 N–H and O–H groups in total. The second-order valence-corrected chi connectivity index (χ2v) is 3.13. The Morgan fingerprint density at radius 1 is 1.29 bits per heavy atom. The number of aromatic nitrogens is 3. The van der Waals surface area contributed by atoms with Crippen molar-refractivity contribution >= 4 is 0 Å². The van der Waals surface area contributed by atoms with Crippen molar-refractivity contribution in [2.45, 2.75) is 12.6 Å². The van der Waals surface area contributed by atoms with Crippen LogP contribution >= 0.6 is 0 Å². The molecule has 14 heavy (non-hydrogen) atoms. The van der Waals surface area contributed by atoms with Gasteiger partial charge in [0.2, 0.25) is 0 Å². The Morgan fingerprint density at radius 3 is 2.71 bits per heavy atom. The van der Waals surface area contributed by atoms with Gasteiger partial charge in [-0.2, -0.15) is 5.10 Å². The Labute approximate surface area is 82.4 Å². The Bertz CT molecular complexity index is 368. The van der Waals surface area contributed by atoms with E-state index in [2.05, 4.69) is 10.1 Å². The van der Waals surface area contributed by atoms with Gasteiger partial charge in [-0.25, -0.2) is 4.98 Å². The van der Waals surface area contributed by atoms with Crippen molar-refractivity contribution in [1.29, 1.82) is 0 Å². The molecule has 0 bridgehead atoms. The summed E-state index contributed by atoms with van der Waals surface area (Å²) in [5, 5.41) is 4.01. The number of rotatable bonds is 3. The molecule has 2 aromatic rings. The van der Waals surface area contributed by atoms with Gasteiger partial charge in [0, 0.05) is 6.04 Å². The first kappa shape index (κ1) is 8.90. The van der Waals surface area contributed by atoms with Crippen LogP contribution in [-0.4, -0.2) is 14.8 Å². The third kappa shape index (κ3) is 1.97. The molecule has 0 aliphatic rings. The van der Waals surface area contributed by atoms with Crippen LogP contribution in [0.15, 0.2) is 43.0 Å². The smallest absolute Gasteiger partial charge is 0.137 e. The first-order chi connectivity index (χ1) is 6.86. The van der Waals surface area contributed by atoms with Crippen LogP contribution in [0.1, 0.15) is 11.6 Å². The first-order valence-electron chi connectivity index (χ1n) is 4.49. The van der Waals surface area contributed by atoms with Gasteiger partial charge < -0.3 is 5.73 Å². The quantitative estimate of drug-likeness (QED) is 0.781. The van der Waals surface area contributed by atoms with Crippen LogP contribution in [0.5, 0.6) is 0 Å². The molecule has 4 nitrogen and oxygen atoms in total. The topological polar surface area (TPSA) is 56.7 Å². The molecule has 72 valence electrons. The van der Waals surface area contributed by atoms with E-state index in [0.717, 1.165) is 5.56 Å². The zero-order valence-corrected chi connectivity index (χ0v) is 7.74. The van der Waals surface area contributed by atoms with Crippen molar-refractivity contribution in [1.82, 2.24) is 14.8 Å². The van der Waals surface area contributed by atoms with E-state index in [1.54, 1.807) is 11.0 Å². The molecular formula is C10H12N4. The summed E-state index contributed by atoms with van der Waals surface area (Å²) in [5.74, 6) is 0. The molecule has 1 aromatic heterocycles. The maximum atomic E-state index is 6.00. The molecule has 0 aliphatic heterocycles. The maximum absolute atomic E-state index is 6.00. The minimum atomic E-state index is -0.0297. The Balaban J connectivity index is 2.07. The summed E-state index contributed by atoms with van der Waals surface area (Å²) in [6, 6.07) is 9.94. The summed E-state index contributed by atoms with van der Waals surface area (Å²) in [4.78, 5) is 3.87. The molecule has 1 unspecified atom stereocenters. The lowest BCUT2D eigenvalue weighted by Crippen LogP contribution is -2.17. The standard InChI is InChI=1S/C10H12N4/c11-10(6-14-8-12-7-13-14)9-4-2-1-3-5-9/h1-5,7-8,10H,6,11H2. The van der Waals surface area contributed by atoms with Crippen molar-refractivity contribution in [2.75, 3.05) is 0 Å². The third-order valence-corrected chi connectivity index (χ3v) is 2.08. The molecule has 1 heterocycles. The lowest BCUT2D eigenvalue weighted by Gasteiger charge is -2.10. The molecular weight excluding hydrogens is 176 g/mol. The fourth-order valence-corrected chi connectivity index (χ4v) is 1.33. The Hall–Kier alpha value is -1.68. The van der Waals surface area contributed by atoms with E-state index >= 15 is 0 Å². The minimum absolute atomic E-state index is 0.0297. The molecule has 2 rings (SSSR count). The van der Waals surface area contributed by atoms with Gasteiger partial charge in [-0.15, -0.1) is 0 Å². The average Bonchev–Trinajstić information content (AvgIpc) is 2.72. The lowest BCUT2D eigenvalue weighted by atomic mass is 10.1. The molecule has 0 radical (unpaired) electrons. The normalized spacial score (nSPS) is 12.6. The largest absolute Gasteiger partial charge is 0.322 e. The van der Waals surface area contributed by atoms with E-state index < -0.39 is 0 Å². The van der Waals surface area contributed by atoms with Crippen LogP contribution in [-0.2, 0) is 6.54 Å². The van der Waals surface area contributed by atoms with Crippen molar-refractivity contribution < 1.29 is 0 Å². The van der Waals surface area contributed by atoms with Crippen LogP contribution in [0.4, 0.5) is 0 Å². The highest BCUT2D eigenvalue weighted by Gasteiger charge is 2.05. The van der Waals surface area contributed by atoms with Crippen LogP contribution in [0.25, 0.3) is 0 Å². The molecule has 4 heteroatoms. The maximum Gasteiger partial charge on any atom is 0.137 e. The number of hydrogen-bond acceptors (Lipinski definition) is 3. The van der Waals surface area contributed by atoms with Crippen LogP contribution in [0, 0.1) is 0 Å². The Kier molecular flexibility index (Phi) is 2.55. The van der Waals surface area contributed by atoms with E-state index in [1.165, 1.54) is 6.33 Å². The zero-order valence-electron chi connectivity index (χ0n) is 7.74. The summed E-state index contributed by atoms with van der Waals surface area (Å²) in [7, 11) is 0. The summed E-state index contributed by atoms with van der Waals surface area (Å²) in [5.41, 5.74) is 7.11. The van der Waals surface area contributed by atoms with E-state index in [9.17, 15) is 0 Å². The average molecular weight is 188 g/mol. The van der Waals surface area contributed by atoms with Crippen LogP contribution in [0.2, 0.25) is 0 Å². The highest BCUT2D eigenvalue weighted by Crippen LogP contribution is 2.10. The summed E-state index contributed by atoms with van der Waals surface area (Å²) in [6.45, 7) is 0.657. The third-order valence-electron chi connectivity index (χ3n) is 2.08. The number of benzene rings is 1. The predicted molar refractivity (Wildman–Crippen MR) is 53.4 cm³/mol. The lowest BCUT2D eigenvalue weighted by molar-refractivity contribution is 0.526. The van der Waals surface area contributed by atoms with Gasteiger partial charge in [-0.1, -0.05) is 30.3 Å². The number of hydrogen-bond donors (Lipinski definition) is 1. The van der Waals surface area contributed by atoms with E-state index in [4.69, 9.17) is 5.73 Å². The van der Waals surface area contributed by atoms with Crippen molar-refractivity contribution in [3.05, 3.63) is 48.5 Å². The minimum Gasteiger partial charge on any atom is -0.322 e. The second kappa shape index (κ2) is 4.02. The monoisotopic (exact) mass is 188 g/mol. The van der Waals surface area contributed by atoms with E-state index in [-0.39, 0.29) is 6.04 Å². The summed E-state index contributed by atoms with van der Waals surface area (Å²) >= 11 is 0. The molecule has 1 aromatic carbocycles. The van der Waals surface area contributed by atoms with Crippen molar-refractivity contribution in [3.8, 4) is 0 Å². The number of nitrogens with zero attached hydrogens (tertiary/aromatic N) is 3. The van der Waals surface area contributed by atoms with Gasteiger partial charge in [0.05, 0.1) is 6.54 Å².